The van der Waals surface area contributed by atoms with Crippen LogP contribution in [0.1, 0.15) is 34.3 Å². The van der Waals surface area contributed by atoms with E-state index in [0.29, 0.717) is 16.7 Å². The van der Waals surface area contributed by atoms with Crippen molar-refractivity contribution in [3.63, 3.8) is 0 Å². The SMILES string of the molecule is C=Cc1ccc(-c2ccc3c(c2O)C(=O)C2C(=O)C4(O)C(=O)C(C(N)=O)C(=O)C(N(C)C)C4C(O)C2C3C)cc1. The highest BCUT2D eigenvalue weighted by molar-refractivity contribution is 6.32. The summed E-state index contributed by atoms with van der Waals surface area (Å²) in [6, 6.07) is 8.93. The summed E-state index contributed by atoms with van der Waals surface area (Å²) in [4.78, 5) is 68.1. The van der Waals surface area contributed by atoms with E-state index in [9.17, 15) is 39.3 Å². The second-order valence-electron chi connectivity index (χ2n) is 11.1. The molecule has 208 valence electrons. The zero-order valence-electron chi connectivity index (χ0n) is 22.2. The predicted octanol–water partition coefficient (Wildman–Crippen LogP) is 0.709. The topological polar surface area (TPSA) is 175 Å². The van der Waals surface area contributed by atoms with Gasteiger partial charge in [-0.25, -0.2) is 0 Å². The van der Waals surface area contributed by atoms with E-state index in [1.54, 1.807) is 49.4 Å². The molecule has 0 heterocycles. The molecule has 3 aliphatic rings. The summed E-state index contributed by atoms with van der Waals surface area (Å²) >= 11 is 0. The number of ketones is 4. The maximum absolute atomic E-state index is 14.0. The Morgan fingerprint density at radius 2 is 1.68 bits per heavy atom. The number of primary amides is 1. The van der Waals surface area contributed by atoms with Crippen molar-refractivity contribution < 1.29 is 39.3 Å². The molecular formula is C30H30N2O8. The minimum atomic E-state index is -3.02. The molecule has 10 heteroatoms. The van der Waals surface area contributed by atoms with Crippen LogP contribution in [0.3, 0.4) is 0 Å². The van der Waals surface area contributed by atoms with Crippen molar-refractivity contribution in [1.29, 1.82) is 0 Å². The molecule has 0 bridgehead atoms. The number of likely N-dealkylation sites (N-methyl/N-ethyl adjacent to an activating group) is 1. The number of aliphatic hydroxyl groups is 2. The molecule has 0 saturated heterocycles. The van der Waals surface area contributed by atoms with Gasteiger partial charge in [0.15, 0.2) is 34.7 Å². The highest BCUT2D eigenvalue weighted by Crippen LogP contribution is 2.55. The molecule has 0 aliphatic heterocycles. The number of nitrogens with zero attached hydrogens (tertiary/aromatic N) is 1. The lowest BCUT2D eigenvalue weighted by Crippen LogP contribution is -2.77. The Balaban J connectivity index is 1.68. The second kappa shape index (κ2) is 9.29. The van der Waals surface area contributed by atoms with Gasteiger partial charge in [0, 0.05) is 11.5 Å². The van der Waals surface area contributed by atoms with Gasteiger partial charge in [-0.15, -0.1) is 0 Å². The maximum atomic E-state index is 14.0. The van der Waals surface area contributed by atoms with Gasteiger partial charge in [-0.3, -0.25) is 28.9 Å². The number of phenols is 1. The second-order valence-corrected chi connectivity index (χ2v) is 11.1. The molecule has 2 aromatic rings. The van der Waals surface area contributed by atoms with E-state index < -0.39 is 76.4 Å². The van der Waals surface area contributed by atoms with E-state index in [1.165, 1.54) is 19.0 Å². The number of hydrogen-bond acceptors (Lipinski definition) is 9. The molecule has 3 aliphatic carbocycles. The lowest BCUT2D eigenvalue weighted by molar-refractivity contribution is -0.196. The van der Waals surface area contributed by atoms with Crippen LogP contribution in [-0.4, -0.2) is 81.1 Å². The molecule has 2 aromatic carbocycles. The number of nitrogens with two attached hydrogens (primary N) is 1. The molecule has 5 rings (SSSR count). The molecular weight excluding hydrogens is 516 g/mol. The Morgan fingerprint density at radius 1 is 1.05 bits per heavy atom. The molecule has 40 heavy (non-hydrogen) atoms. The number of aromatic hydroxyl groups is 1. The molecule has 5 N–H and O–H groups in total. The van der Waals surface area contributed by atoms with Crippen LogP contribution in [0.5, 0.6) is 5.75 Å². The van der Waals surface area contributed by atoms with E-state index in [-0.39, 0.29) is 11.3 Å². The summed E-state index contributed by atoms with van der Waals surface area (Å²) in [5, 5.41) is 34.7. The van der Waals surface area contributed by atoms with Gasteiger partial charge in [-0.2, -0.15) is 0 Å². The number of rotatable bonds is 4. The Labute approximate surface area is 230 Å². The average Bonchev–Trinajstić information content (AvgIpc) is 2.90. The molecule has 8 atom stereocenters. The van der Waals surface area contributed by atoms with Gasteiger partial charge in [0.05, 0.1) is 29.5 Å². The third-order valence-corrected chi connectivity index (χ3v) is 8.95. The van der Waals surface area contributed by atoms with Crippen molar-refractivity contribution in [3.8, 4) is 16.9 Å². The van der Waals surface area contributed by atoms with E-state index in [4.69, 9.17) is 5.73 Å². The van der Waals surface area contributed by atoms with Gasteiger partial charge in [-0.1, -0.05) is 56.0 Å². The summed E-state index contributed by atoms with van der Waals surface area (Å²) < 4.78 is 0. The van der Waals surface area contributed by atoms with Gasteiger partial charge in [0.2, 0.25) is 5.91 Å². The maximum Gasteiger partial charge on any atom is 0.235 e. The summed E-state index contributed by atoms with van der Waals surface area (Å²) in [6.45, 7) is 5.38. The first-order valence-electron chi connectivity index (χ1n) is 12.9. The molecule has 0 spiro atoms. The highest BCUT2D eigenvalue weighted by Gasteiger charge is 2.72. The number of aliphatic hydroxyl groups excluding tert-OH is 1. The van der Waals surface area contributed by atoms with Crippen molar-refractivity contribution >= 4 is 35.1 Å². The molecule has 2 fully saturated rings. The fourth-order valence-electron chi connectivity index (χ4n) is 7.02. The lowest BCUT2D eigenvalue weighted by Gasteiger charge is -2.56. The van der Waals surface area contributed by atoms with Crippen LogP contribution < -0.4 is 5.73 Å². The molecule has 0 aromatic heterocycles. The highest BCUT2D eigenvalue weighted by atomic mass is 16.3. The largest absolute Gasteiger partial charge is 0.507 e. The predicted molar refractivity (Wildman–Crippen MR) is 143 cm³/mol. The smallest absolute Gasteiger partial charge is 0.235 e. The first kappa shape index (κ1) is 27.6. The number of Topliss-reactive ketones (excluding diaryl/α,β-unsaturated/α-hetero) is 4. The minimum absolute atomic E-state index is 0.142. The van der Waals surface area contributed by atoms with Crippen molar-refractivity contribution in [1.82, 2.24) is 4.90 Å². The Morgan fingerprint density at radius 3 is 2.23 bits per heavy atom. The third kappa shape index (κ3) is 3.49. The van der Waals surface area contributed by atoms with Gasteiger partial charge >= 0.3 is 0 Å². The van der Waals surface area contributed by atoms with E-state index in [2.05, 4.69) is 6.58 Å². The van der Waals surface area contributed by atoms with Crippen molar-refractivity contribution in [2.75, 3.05) is 14.1 Å². The normalized spacial score (nSPS) is 33.3. The molecule has 2 saturated carbocycles. The molecule has 0 radical (unpaired) electrons. The van der Waals surface area contributed by atoms with Crippen molar-refractivity contribution in [3.05, 3.63) is 59.7 Å². The number of phenolic OH excluding ortho intramolecular Hbond substituents is 1. The van der Waals surface area contributed by atoms with Crippen LogP contribution in [0.15, 0.2) is 43.0 Å². The van der Waals surface area contributed by atoms with Crippen LogP contribution >= 0.6 is 0 Å². The van der Waals surface area contributed by atoms with Gasteiger partial charge < -0.3 is 21.1 Å². The zero-order chi connectivity index (χ0) is 29.4. The van der Waals surface area contributed by atoms with E-state index in [0.717, 1.165) is 5.56 Å². The number of hydrogen-bond donors (Lipinski definition) is 4. The van der Waals surface area contributed by atoms with Crippen LogP contribution in [-0.2, 0) is 19.2 Å². The quantitative estimate of drug-likeness (QED) is 0.403. The molecule has 8 unspecified atom stereocenters. The van der Waals surface area contributed by atoms with Crippen molar-refractivity contribution in [2.45, 2.75) is 30.6 Å². The molecule has 10 nitrogen and oxygen atoms in total. The van der Waals surface area contributed by atoms with Crippen LogP contribution in [0.2, 0.25) is 0 Å². The summed E-state index contributed by atoms with van der Waals surface area (Å²) in [6.07, 6.45) is -0.00829. The van der Waals surface area contributed by atoms with Crippen LogP contribution in [0.4, 0.5) is 0 Å². The minimum Gasteiger partial charge on any atom is -0.507 e. The van der Waals surface area contributed by atoms with Gasteiger partial charge in [0.1, 0.15) is 5.75 Å². The Kier molecular flexibility index (Phi) is 6.41. The number of fused-ring (bicyclic) bond motifs is 3. The first-order valence-corrected chi connectivity index (χ1v) is 12.9. The zero-order valence-corrected chi connectivity index (χ0v) is 22.2. The fourth-order valence-corrected chi connectivity index (χ4v) is 7.02. The summed E-state index contributed by atoms with van der Waals surface area (Å²) in [5.74, 6) is -13.4. The first-order chi connectivity index (χ1) is 18.8. The van der Waals surface area contributed by atoms with Gasteiger partial charge in [0.25, 0.3) is 0 Å². The van der Waals surface area contributed by atoms with Crippen LogP contribution in [0, 0.1) is 23.7 Å². The number of benzene rings is 2. The Bertz CT molecular complexity index is 1500. The number of carbonyl (C=O) groups is 5. The third-order valence-electron chi connectivity index (χ3n) is 8.95. The monoisotopic (exact) mass is 546 g/mol. The Hall–Kier alpha value is -3.99. The van der Waals surface area contributed by atoms with E-state index in [1.807, 2.05) is 0 Å². The van der Waals surface area contributed by atoms with Crippen LogP contribution in [0.25, 0.3) is 17.2 Å². The number of carbonyl (C=O) groups excluding carboxylic acids is 5. The summed E-state index contributed by atoms with van der Waals surface area (Å²) in [7, 11) is 2.90. The fraction of sp³-hybridized carbons (Fsp3) is 0.367. The van der Waals surface area contributed by atoms with E-state index >= 15 is 0 Å². The standard InChI is InChI=1S/C30H30N2O8/c1-5-13-6-8-14(9-7-13)16-11-10-15-12(2)17-19(24(34)18(15)23(16)33)27(37)30(40)21(25(17)35)22(32(3)4)26(36)20(28(30)38)29(31)39/h5-12,17,19-22,25,33,35,40H,1H2,2-4H3,(H2,31,39). The average molecular weight is 547 g/mol. The summed E-state index contributed by atoms with van der Waals surface area (Å²) in [5.41, 5.74) is 4.33. The van der Waals surface area contributed by atoms with Gasteiger partial charge in [-0.05, 0) is 36.7 Å². The number of amides is 1. The van der Waals surface area contributed by atoms with Crippen molar-refractivity contribution in [2.24, 2.45) is 29.4 Å². The molecule has 1 amide bonds. The lowest BCUT2D eigenvalue weighted by atomic mass is 9.49.